The van der Waals surface area contributed by atoms with E-state index in [-0.39, 0.29) is 0 Å². The van der Waals surface area contributed by atoms with Crippen LogP contribution >= 0.6 is 11.6 Å². The summed E-state index contributed by atoms with van der Waals surface area (Å²) in [6, 6.07) is 9.22. The molecule has 0 saturated carbocycles. The van der Waals surface area contributed by atoms with Crippen LogP contribution in [0, 0.1) is 0 Å². The van der Waals surface area contributed by atoms with Gasteiger partial charge in [-0.05, 0) is 24.3 Å². The van der Waals surface area contributed by atoms with Gasteiger partial charge in [-0.25, -0.2) is 4.98 Å². The Kier molecular flexibility index (Phi) is 4.36. The topological polar surface area (TPSA) is 40.6 Å². The molecule has 0 unspecified atom stereocenters. The number of aromatic nitrogens is 1. The van der Waals surface area contributed by atoms with Gasteiger partial charge in [-0.3, -0.25) is 0 Å². The van der Waals surface area contributed by atoms with E-state index in [0.717, 1.165) is 10.9 Å². The highest BCUT2D eigenvalue weighted by Crippen LogP contribution is 2.20. The zero-order valence-electron chi connectivity index (χ0n) is 10.2. The van der Waals surface area contributed by atoms with Crippen molar-refractivity contribution in [2.75, 3.05) is 20.8 Å². The summed E-state index contributed by atoms with van der Waals surface area (Å²) in [6.45, 7) is 0.291. The van der Waals surface area contributed by atoms with E-state index in [4.69, 9.17) is 25.8 Å². The summed E-state index contributed by atoms with van der Waals surface area (Å²) in [6.07, 6.45) is -0.396. The fraction of sp³-hybridized carbons (Fsp3) is 0.308. The molecule has 0 bridgehead atoms. The first-order valence-corrected chi connectivity index (χ1v) is 5.85. The van der Waals surface area contributed by atoms with Crippen molar-refractivity contribution >= 4 is 22.5 Å². The number of methoxy groups -OCH3 is 2. The Bertz CT molecular complexity index is 529. The number of rotatable bonds is 5. The molecule has 5 heteroatoms. The third-order valence-electron chi connectivity index (χ3n) is 2.52. The molecule has 0 atom stereocenters. The molecular formula is C13H14ClNO3. The number of ether oxygens (including phenoxy) is 3. The molecule has 0 fully saturated rings. The highest BCUT2D eigenvalue weighted by Gasteiger charge is 2.07. The molecule has 2 rings (SSSR count). The van der Waals surface area contributed by atoms with Crippen molar-refractivity contribution in [1.82, 2.24) is 4.98 Å². The lowest BCUT2D eigenvalue weighted by molar-refractivity contribution is -0.122. The molecule has 4 nitrogen and oxygen atoms in total. The average molecular weight is 268 g/mol. The predicted octanol–water partition coefficient (Wildman–Crippen LogP) is 2.89. The maximum atomic E-state index is 5.91. The van der Waals surface area contributed by atoms with Crippen LogP contribution in [0.2, 0.25) is 5.02 Å². The van der Waals surface area contributed by atoms with E-state index >= 15 is 0 Å². The minimum atomic E-state index is -0.396. The number of nitrogens with zero attached hydrogens (tertiary/aromatic N) is 1. The maximum absolute atomic E-state index is 5.91. The second kappa shape index (κ2) is 6.00. The SMILES string of the molecule is COC(COc1ccc2cc(Cl)ccc2n1)OC. The Hall–Kier alpha value is -1.36. The quantitative estimate of drug-likeness (QED) is 0.781. The molecule has 0 aliphatic rings. The van der Waals surface area contributed by atoms with E-state index < -0.39 is 6.29 Å². The van der Waals surface area contributed by atoms with Crippen molar-refractivity contribution < 1.29 is 14.2 Å². The van der Waals surface area contributed by atoms with Crippen LogP contribution in [0.5, 0.6) is 5.88 Å². The van der Waals surface area contributed by atoms with Crippen LogP contribution in [0.25, 0.3) is 10.9 Å². The van der Waals surface area contributed by atoms with Gasteiger partial charge in [-0.2, -0.15) is 0 Å². The molecule has 1 aromatic heterocycles. The standard InChI is InChI=1S/C13H14ClNO3/c1-16-13(17-2)8-18-12-6-3-9-7-10(14)4-5-11(9)15-12/h3-7,13H,8H2,1-2H3. The van der Waals surface area contributed by atoms with E-state index in [1.165, 1.54) is 0 Å². The Labute approximate surface area is 110 Å². The average Bonchev–Trinajstić information content (AvgIpc) is 2.40. The van der Waals surface area contributed by atoms with Crippen LogP contribution in [0.3, 0.4) is 0 Å². The van der Waals surface area contributed by atoms with Crippen molar-refractivity contribution in [3.63, 3.8) is 0 Å². The van der Waals surface area contributed by atoms with E-state index in [1.54, 1.807) is 26.4 Å². The van der Waals surface area contributed by atoms with Gasteiger partial charge in [0.05, 0.1) is 5.52 Å². The lowest BCUT2D eigenvalue weighted by Gasteiger charge is -2.13. The largest absolute Gasteiger partial charge is 0.472 e. The molecule has 0 saturated heterocycles. The number of hydrogen-bond acceptors (Lipinski definition) is 4. The predicted molar refractivity (Wildman–Crippen MR) is 70.1 cm³/mol. The Morgan fingerprint density at radius 2 is 1.94 bits per heavy atom. The highest BCUT2D eigenvalue weighted by molar-refractivity contribution is 6.31. The molecule has 96 valence electrons. The Morgan fingerprint density at radius 3 is 2.67 bits per heavy atom. The van der Waals surface area contributed by atoms with Crippen LogP contribution in [-0.2, 0) is 9.47 Å². The fourth-order valence-corrected chi connectivity index (χ4v) is 1.72. The van der Waals surface area contributed by atoms with E-state index in [1.807, 2.05) is 18.2 Å². The van der Waals surface area contributed by atoms with Crippen LogP contribution in [0.4, 0.5) is 0 Å². The fourth-order valence-electron chi connectivity index (χ4n) is 1.54. The molecule has 0 amide bonds. The van der Waals surface area contributed by atoms with Gasteiger partial charge in [0.15, 0.2) is 6.29 Å². The first kappa shape index (κ1) is 13.1. The van der Waals surface area contributed by atoms with Gasteiger partial charge in [0.2, 0.25) is 5.88 Å². The normalized spacial score (nSPS) is 11.1. The lowest BCUT2D eigenvalue weighted by Crippen LogP contribution is -2.22. The minimum absolute atomic E-state index is 0.291. The zero-order valence-corrected chi connectivity index (χ0v) is 11.0. The second-order valence-corrected chi connectivity index (χ2v) is 4.13. The molecule has 0 N–H and O–H groups in total. The molecule has 0 aliphatic carbocycles. The third kappa shape index (κ3) is 3.10. The molecule has 18 heavy (non-hydrogen) atoms. The summed E-state index contributed by atoms with van der Waals surface area (Å²) in [5, 5.41) is 1.67. The van der Waals surface area contributed by atoms with Crippen LogP contribution in [0.15, 0.2) is 30.3 Å². The molecule has 1 heterocycles. The van der Waals surface area contributed by atoms with Gasteiger partial charge in [0, 0.05) is 30.7 Å². The van der Waals surface area contributed by atoms with Gasteiger partial charge < -0.3 is 14.2 Å². The number of hydrogen-bond donors (Lipinski definition) is 0. The van der Waals surface area contributed by atoms with E-state index in [2.05, 4.69) is 4.98 Å². The third-order valence-corrected chi connectivity index (χ3v) is 2.75. The number of fused-ring (bicyclic) bond motifs is 1. The minimum Gasteiger partial charge on any atom is -0.472 e. The summed E-state index contributed by atoms with van der Waals surface area (Å²) in [5.41, 5.74) is 0.836. The maximum Gasteiger partial charge on any atom is 0.213 e. The van der Waals surface area contributed by atoms with Gasteiger partial charge in [0.25, 0.3) is 0 Å². The van der Waals surface area contributed by atoms with Gasteiger partial charge in [0.1, 0.15) is 6.61 Å². The van der Waals surface area contributed by atoms with Gasteiger partial charge in [-0.15, -0.1) is 0 Å². The zero-order chi connectivity index (χ0) is 13.0. The summed E-state index contributed by atoms with van der Waals surface area (Å²) in [4.78, 5) is 4.36. The van der Waals surface area contributed by atoms with E-state index in [9.17, 15) is 0 Å². The molecule has 0 radical (unpaired) electrons. The lowest BCUT2D eigenvalue weighted by atomic mass is 10.2. The van der Waals surface area contributed by atoms with Crippen LogP contribution in [-0.4, -0.2) is 32.1 Å². The number of benzene rings is 1. The van der Waals surface area contributed by atoms with Crippen molar-refractivity contribution in [2.45, 2.75) is 6.29 Å². The van der Waals surface area contributed by atoms with Crippen LogP contribution < -0.4 is 4.74 Å². The number of pyridine rings is 1. The van der Waals surface area contributed by atoms with Crippen molar-refractivity contribution in [3.8, 4) is 5.88 Å². The molecular weight excluding hydrogens is 254 g/mol. The van der Waals surface area contributed by atoms with Crippen molar-refractivity contribution in [1.29, 1.82) is 0 Å². The number of halogens is 1. The Balaban J connectivity index is 2.12. The van der Waals surface area contributed by atoms with E-state index in [0.29, 0.717) is 17.5 Å². The first-order chi connectivity index (χ1) is 8.72. The molecule has 1 aromatic carbocycles. The molecule has 2 aromatic rings. The summed E-state index contributed by atoms with van der Waals surface area (Å²) in [7, 11) is 3.13. The summed E-state index contributed by atoms with van der Waals surface area (Å²) >= 11 is 5.91. The second-order valence-electron chi connectivity index (χ2n) is 3.70. The van der Waals surface area contributed by atoms with Crippen molar-refractivity contribution in [2.24, 2.45) is 0 Å². The first-order valence-electron chi connectivity index (χ1n) is 5.47. The smallest absolute Gasteiger partial charge is 0.213 e. The van der Waals surface area contributed by atoms with Gasteiger partial charge >= 0.3 is 0 Å². The monoisotopic (exact) mass is 267 g/mol. The highest BCUT2D eigenvalue weighted by atomic mass is 35.5. The summed E-state index contributed by atoms with van der Waals surface area (Å²) < 4.78 is 15.6. The van der Waals surface area contributed by atoms with Crippen LogP contribution in [0.1, 0.15) is 0 Å². The molecule has 0 aliphatic heterocycles. The van der Waals surface area contributed by atoms with Crippen molar-refractivity contribution in [3.05, 3.63) is 35.4 Å². The van der Waals surface area contributed by atoms with Gasteiger partial charge in [-0.1, -0.05) is 11.6 Å². The molecule has 0 spiro atoms. The summed E-state index contributed by atoms with van der Waals surface area (Å²) in [5.74, 6) is 0.531. The Morgan fingerprint density at radius 1 is 1.17 bits per heavy atom.